The van der Waals surface area contributed by atoms with Crippen molar-refractivity contribution in [1.29, 1.82) is 0 Å². The van der Waals surface area contributed by atoms with Gasteiger partial charge in [-0.25, -0.2) is 9.97 Å². The molecule has 0 fully saturated rings. The van der Waals surface area contributed by atoms with Crippen molar-refractivity contribution >= 4 is 11.6 Å². The monoisotopic (exact) mass is 318 g/mol. The molecule has 2 aromatic heterocycles. The van der Waals surface area contributed by atoms with Crippen LogP contribution in [0.5, 0.6) is 0 Å². The lowest BCUT2D eigenvalue weighted by Gasteiger charge is -2.08. The summed E-state index contributed by atoms with van der Waals surface area (Å²) in [5.41, 5.74) is 4.40. The summed E-state index contributed by atoms with van der Waals surface area (Å²) in [5.74, 6) is -0.186. The summed E-state index contributed by atoms with van der Waals surface area (Å²) in [5, 5.41) is 2.90. The third-order valence-electron chi connectivity index (χ3n) is 3.74. The Morgan fingerprint density at radius 1 is 1.00 bits per heavy atom. The number of amides is 1. The van der Waals surface area contributed by atoms with Gasteiger partial charge in [-0.05, 0) is 48.2 Å². The van der Waals surface area contributed by atoms with Crippen LogP contribution in [0.25, 0.3) is 0 Å². The van der Waals surface area contributed by atoms with Crippen molar-refractivity contribution in [1.82, 2.24) is 15.0 Å². The van der Waals surface area contributed by atoms with Crippen molar-refractivity contribution in [2.45, 2.75) is 19.8 Å². The lowest BCUT2D eigenvalue weighted by molar-refractivity contribution is 0.102. The van der Waals surface area contributed by atoms with E-state index in [2.05, 4.69) is 20.3 Å². The third kappa shape index (κ3) is 3.81. The molecule has 0 bridgehead atoms. The number of benzene rings is 1. The minimum Gasteiger partial charge on any atom is -0.322 e. The number of hydrogen-bond donors (Lipinski definition) is 1. The predicted molar refractivity (Wildman–Crippen MR) is 92.8 cm³/mol. The molecule has 1 amide bonds. The van der Waals surface area contributed by atoms with Crippen molar-refractivity contribution in [3.63, 3.8) is 0 Å². The minimum absolute atomic E-state index is 0.186. The molecule has 0 aliphatic rings. The van der Waals surface area contributed by atoms with Gasteiger partial charge in [0.05, 0.1) is 11.3 Å². The number of carbonyl (C=O) groups excluding carboxylic acids is 1. The summed E-state index contributed by atoms with van der Waals surface area (Å²) in [7, 11) is 0. The number of anilines is 1. The number of aromatic nitrogens is 3. The highest BCUT2D eigenvalue weighted by Gasteiger charge is 2.11. The molecule has 0 saturated carbocycles. The second-order valence-electron chi connectivity index (χ2n) is 5.42. The van der Waals surface area contributed by atoms with Crippen LogP contribution in [0, 0.1) is 0 Å². The summed E-state index contributed by atoms with van der Waals surface area (Å²) in [6, 6.07) is 11.8. The normalized spacial score (nSPS) is 10.4. The van der Waals surface area contributed by atoms with E-state index in [1.807, 2.05) is 43.3 Å². The lowest BCUT2D eigenvalue weighted by atomic mass is 10.1. The number of nitrogens with one attached hydrogen (secondary N) is 1. The fourth-order valence-electron chi connectivity index (χ4n) is 2.47. The zero-order valence-electron chi connectivity index (χ0n) is 13.4. The second-order valence-corrected chi connectivity index (χ2v) is 5.42. The van der Waals surface area contributed by atoms with E-state index in [4.69, 9.17) is 0 Å². The number of carbonyl (C=O) groups is 1. The zero-order valence-corrected chi connectivity index (χ0v) is 13.4. The minimum atomic E-state index is -0.186. The number of rotatable bonds is 5. The molecule has 0 atom stereocenters. The molecule has 120 valence electrons. The van der Waals surface area contributed by atoms with Crippen LogP contribution in [-0.4, -0.2) is 20.9 Å². The average molecular weight is 318 g/mol. The van der Waals surface area contributed by atoms with E-state index in [9.17, 15) is 4.79 Å². The Morgan fingerprint density at radius 2 is 1.71 bits per heavy atom. The van der Waals surface area contributed by atoms with Crippen LogP contribution in [0.1, 0.15) is 34.1 Å². The van der Waals surface area contributed by atoms with Gasteiger partial charge >= 0.3 is 0 Å². The number of hydrogen-bond acceptors (Lipinski definition) is 4. The summed E-state index contributed by atoms with van der Waals surface area (Å²) in [4.78, 5) is 24.5. The number of pyridine rings is 1. The molecule has 5 heteroatoms. The predicted octanol–water partition coefficient (Wildman–Crippen LogP) is 3.28. The van der Waals surface area contributed by atoms with E-state index in [1.165, 1.54) is 17.5 Å². The van der Waals surface area contributed by atoms with Crippen molar-refractivity contribution in [3.05, 3.63) is 83.7 Å². The van der Waals surface area contributed by atoms with E-state index >= 15 is 0 Å². The summed E-state index contributed by atoms with van der Waals surface area (Å²) < 4.78 is 0. The molecule has 0 radical (unpaired) electrons. The fraction of sp³-hybridized carbons (Fsp3) is 0.158. The first-order valence-electron chi connectivity index (χ1n) is 7.84. The Hall–Kier alpha value is -3.08. The molecule has 1 aromatic carbocycles. The first kappa shape index (κ1) is 15.8. The molecular formula is C19H18N4O. The maximum Gasteiger partial charge on any atom is 0.259 e. The van der Waals surface area contributed by atoms with Gasteiger partial charge in [-0.3, -0.25) is 9.78 Å². The second kappa shape index (κ2) is 7.46. The van der Waals surface area contributed by atoms with Gasteiger partial charge in [0.2, 0.25) is 0 Å². The van der Waals surface area contributed by atoms with Crippen LogP contribution in [-0.2, 0) is 12.8 Å². The Labute approximate surface area is 140 Å². The van der Waals surface area contributed by atoms with Gasteiger partial charge < -0.3 is 5.32 Å². The van der Waals surface area contributed by atoms with Crippen molar-refractivity contribution < 1.29 is 4.79 Å². The van der Waals surface area contributed by atoms with Gasteiger partial charge in [-0.2, -0.15) is 0 Å². The van der Waals surface area contributed by atoms with E-state index in [0.717, 1.165) is 17.8 Å². The highest BCUT2D eigenvalue weighted by atomic mass is 16.1. The van der Waals surface area contributed by atoms with E-state index in [1.54, 1.807) is 18.6 Å². The van der Waals surface area contributed by atoms with Crippen molar-refractivity contribution in [2.75, 3.05) is 5.32 Å². The van der Waals surface area contributed by atoms with Crippen LogP contribution in [0.15, 0.2) is 61.3 Å². The Kier molecular flexibility index (Phi) is 4.91. The van der Waals surface area contributed by atoms with Gasteiger partial charge in [-0.1, -0.05) is 19.1 Å². The average Bonchev–Trinajstić information content (AvgIpc) is 2.64. The van der Waals surface area contributed by atoms with Gasteiger partial charge in [0, 0.05) is 24.3 Å². The highest BCUT2D eigenvalue weighted by molar-refractivity contribution is 6.04. The Bertz CT molecular complexity index is 816. The van der Waals surface area contributed by atoms with Crippen LogP contribution < -0.4 is 5.32 Å². The molecule has 0 aliphatic carbocycles. The molecule has 3 aromatic rings. The maximum absolute atomic E-state index is 12.4. The molecule has 0 spiro atoms. The zero-order chi connectivity index (χ0) is 16.8. The molecule has 2 heterocycles. The summed E-state index contributed by atoms with van der Waals surface area (Å²) in [6.45, 7) is 1.97. The standard InChI is InChI=1S/C19H18N4O/c1-2-18-17(12-21-13-22-18)19(24)23-16-5-3-14(4-6-16)11-15-7-9-20-10-8-15/h3-10,12-13H,2,11H2,1H3,(H,23,24). The van der Waals surface area contributed by atoms with Crippen molar-refractivity contribution in [3.8, 4) is 0 Å². The van der Waals surface area contributed by atoms with E-state index in [-0.39, 0.29) is 5.91 Å². The SMILES string of the molecule is CCc1ncncc1C(=O)Nc1ccc(Cc2ccncc2)cc1. The molecule has 3 rings (SSSR count). The smallest absolute Gasteiger partial charge is 0.259 e. The van der Waals surface area contributed by atoms with Gasteiger partial charge in [0.25, 0.3) is 5.91 Å². The van der Waals surface area contributed by atoms with Gasteiger partial charge in [0.1, 0.15) is 6.33 Å². The Morgan fingerprint density at radius 3 is 2.42 bits per heavy atom. The summed E-state index contributed by atoms with van der Waals surface area (Å²) >= 11 is 0. The van der Waals surface area contributed by atoms with Crippen LogP contribution in [0.3, 0.4) is 0 Å². The van der Waals surface area contributed by atoms with Gasteiger partial charge in [-0.15, -0.1) is 0 Å². The van der Waals surface area contributed by atoms with E-state index < -0.39 is 0 Å². The molecule has 0 aliphatic heterocycles. The van der Waals surface area contributed by atoms with Crippen molar-refractivity contribution in [2.24, 2.45) is 0 Å². The first-order valence-corrected chi connectivity index (χ1v) is 7.84. The van der Waals surface area contributed by atoms with Crippen LogP contribution in [0.4, 0.5) is 5.69 Å². The topological polar surface area (TPSA) is 67.8 Å². The third-order valence-corrected chi connectivity index (χ3v) is 3.74. The lowest BCUT2D eigenvalue weighted by Crippen LogP contribution is -2.15. The van der Waals surface area contributed by atoms with E-state index in [0.29, 0.717) is 12.0 Å². The quantitative estimate of drug-likeness (QED) is 0.784. The molecule has 0 unspecified atom stereocenters. The molecule has 0 saturated heterocycles. The van der Waals surface area contributed by atoms with Crippen LogP contribution in [0.2, 0.25) is 0 Å². The van der Waals surface area contributed by atoms with Gasteiger partial charge in [0.15, 0.2) is 0 Å². The molecule has 1 N–H and O–H groups in total. The number of aryl methyl sites for hydroxylation is 1. The number of nitrogens with zero attached hydrogens (tertiary/aromatic N) is 3. The molecule has 5 nitrogen and oxygen atoms in total. The Balaban J connectivity index is 1.69. The van der Waals surface area contributed by atoms with Crippen LogP contribution >= 0.6 is 0 Å². The fourth-order valence-corrected chi connectivity index (χ4v) is 2.47. The molecule has 24 heavy (non-hydrogen) atoms. The first-order chi connectivity index (χ1) is 11.8. The maximum atomic E-state index is 12.4. The molecular weight excluding hydrogens is 300 g/mol. The summed E-state index contributed by atoms with van der Waals surface area (Å²) in [6.07, 6.45) is 8.12. The highest BCUT2D eigenvalue weighted by Crippen LogP contribution is 2.15. The largest absolute Gasteiger partial charge is 0.322 e.